The van der Waals surface area contributed by atoms with E-state index in [-0.39, 0.29) is 17.8 Å². The number of pyridine rings is 1. The van der Waals surface area contributed by atoms with Crippen molar-refractivity contribution in [3.05, 3.63) is 28.5 Å². The Kier molecular flexibility index (Phi) is 5.88. The number of halogens is 2. The molecule has 1 amide bonds. The second kappa shape index (κ2) is 6.84. The van der Waals surface area contributed by atoms with Crippen molar-refractivity contribution in [3.63, 3.8) is 0 Å². The third kappa shape index (κ3) is 4.24. The van der Waals surface area contributed by atoms with Crippen molar-refractivity contribution in [3.8, 4) is 0 Å². The van der Waals surface area contributed by atoms with Gasteiger partial charge in [0.1, 0.15) is 0 Å². The number of amides is 1. The van der Waals surface area contributed by atoms with Crippen LogP contribution in [0.2, 0.25) is 5.02 Å². The topological polar surface area (TPSA) is 53.4 Å². The van der Waals surface area contributed by atoms with Crippen molar-refractivity contribution in [2.24, 2.45) is 5.92 Å². The second-order valence-corrected chi connectivity index (χ2v) is 7.05. The van der Waals surface area contributed by atoms with Gasteiger partial charge in [-0.3, -0.25) is 9.88 Å². The summed E-state index contributed by atoms with van der Waals surface area (Å²) in [5.74, 6) is 0.292. The van der Waals surface area contributed by atoms with Crippen LogP contribution in [0.3, 0.4) is 0 Å². The number of alkyl halides is 1. The van der Waals surface area contributed by atoms with E-state index in [0.29, 0.717) is 10.7 Å². The molecule has 0 bridgehead atoms. The molecular weight excluding hydrogens is 311 g/mol. The largest absolute Gasteiger partial charge is 0.465 e. The molecule has 0 aromatic carbocycles. The van der Waals surface area contributed by atoms with Gasteiger partial charge in [-0.05, 0) is 38.3 Å². The molecule has 1 unspecified atom stereocenters. The molecule has 0 radical (unpaired) electrons. The third-order valence-corrected chi connectivity index (χ3v) is 3.73. The van der Waals surface area contributed by atoms with Crippen LogP contribution in [0.25, 0.3) is 0 Å². The van der Waals surface area contributed by atoms with Crippen LogP contribution in [0.5, 0.6) is 0 Å². The Bertz CT molecular complexity index is 513. The Morgan fingerprint density at radius 3 is 2.38 bits per heavy atom. The Hall–Kier alpha value is -1.00. The van der Waals surface area contributed by atoms with Gasteiger partial charge in [0.2, 0.25) is 0 Å². The van der Waals surface area contributed by atoms with Crippen LogP contribution in [-0.4, -0.2) is 26.6 Å². The summed E-state index contributed by atoms with van der Waals surface area (Å²) in [5, 5.41) is 10.1. The molecule has 0 saturated carbocycles. The standard InChI is InChI=1S/C15H22Cl2N2O2/c1-9(2)13(19(14(20)21)15(3,4)5)12-10(7-16)6-11(17)8-18-12/h6,8-9,13H,7H2,1-5H3,(H,20,21). The summed E-state index contributed by atoms with van der Waals surface area (Å²) >= 11 is 11.9. The SMILES string of the molecule is CC(C)C(c1ncc(Cl)cc1CCl)N(C(=O)O)C(C)(C)C. The first-order valence-corrected chi connectivity index (χ1v) is 7.73. The highest BCUT2D eigenvalue weighted by atomic mass is 35.5. The van der Waals surface area contributed by atoms with Crippen LogP contribution in [-0.2, 0) is 5.88 Å². The van der Waals surface area contributed by atoms with Crippen molar-refractivity contribution in [1.29, 1.82) is 0 Å². The molecule has 1 aromatic rings. The number of aromatic nitrogens is 1. The summed E-state index contributed by atoms with van der Waals surface area (Å²) in [5.41, 5.74) is 0.881. The summed E-state index contributed by atoms with van der Waals surface area (Å²) in [6.45, 7) is 9.55. The number of hydrogen-bond acceptors (Lipinski definition) is 2. The first-order chi connectivity index (χ1) is 9.59. The molecule has 1 heterocycles. The summed E-state index contributed by atoms with van der Waals surface area (Å²) in [7, 11) is 0. The van der Waals surface area contributed by atoms with E-state index < -0.39 is 11.6 Å². The molecule has 1 atom stereocenters. The first-order valence-electron chi connectivity index (χ1n) is 6.82. The molecule has 0 spiro atoms. The minimum Gasteiger partial charge on any atom is -0.465 e. The van der Waals surface area contributed by atoms with Gasteiger partial charge in [-0.25, -0.2) is 4.79 Å². The Morgan fingerprint density at radius 2 is 2.00 bits per heavy atom. The quantitative estimate of drug-likeness (QED) is 0.793. The molecule has 0 aliphatic heterocycles. The van der Waals surface area contributed by atoms with Gasteiger partial charge < -0.3 is 5.11 Å². The number of carboxylic acid groups (broad SMARTS) is 1. The van der Waals surface area contributed by atoms with Crippen LogP contribution in [0, 0.1) is 5.92 Å². The van der Waals surface area contributed by atoms with Crippen LogP contribution in [0.1, 0.15) is 51.9 Å². The first kappa shape index (κ1) is 18.1. The van der Waals surface area contributed by atoms with Crippen molar-refractivity contribution < 1.29 is 9.90 Å². The summed E-state index contributed by atoms with van der Waals surface area (Å²) in [6, 6.07) is 1.36. The van der Waals surface area contributed by atoms with Crippen molar-refractivity contribution in [1.82, 2.24) is 9.88 Å². The molecule has 21 heavy (non-hydrogen) atoms. The smallest absolute Gasteiger partial charge is 0.408 e. The van der Waals surface area contributed by atoms with E-state index in [4.69, 9.17) is 23.2 Å². The van der Waals surface area contributed by atoms with Crippen LogP contribution >= 0.6 is 23.2 Å². The molecule has 1 N–H and O–H groups in total. The van der Waals surface area contributed by atoms with E-state index in [9.17, 15) is 9.90 Å². The minimum absolute atomic E-state index is 0.0518. The lowest BCUT2D eigenvalue weighted by Crippen LogP contribution is -2.49. The number of carbonyl (C=O) groups is 1. The zero-order valence-corrected chi connectivity index (χ0v) is 14.5. The fourth-order valence-corrected chi connectivity index (χ4v) is 2.82. The summed E-state index contributed by atoms with van der Waals surface area (Å²) in [4.78, 5) is 17.6. The van der Waals surface area contributed by atoms with Gasteiger partial charge >= 0.3 is 6.09 Å². The highest BCUT2D eigenvalue weighted by molar-refractivity contribution is 6.30. The van der Waals surface area contributed by atoms with E-state index in [1.165, 1.54) is 11.1 Å². The lowest BCUT2D eigenvalue weighted by atomic mass is 9.91. The third-order valence-electron chi connectivity index (χ3n) is 3.23. The van der Waals surface area contributed by atoms with E-state index >= 15 is 0 Å². The maximum absolute atomic E-state index is 11.8. The average molecular weight is 333 g/mol. The highest BCUT2D eigenvalue weighted by Gasteiger charge is 2.37. The lowest BCUT2D eigenvalue weighted by Gasteiger charge is -2.41. The minimum atomic E-state index is -0.974. The van der Waals surface area contributed by atoms with E-state index in [1.807, 2.05) is 34.6 Å². The molecule has 0 aliphatic carbocycles. The fraction of sp³-hybridized carbons (Fsp3) is 0.600. The second-order valence-electron chi connectivity index (χ2n) is 6.34. The van der Waals surface area contributed by atoms with Crippen LogP contribution in [0.4, 0.5) is 4.79 Å². The Labute approximate surface area is 136 Å². The molecule has 1 aromatic heterocycles. The summed E-state index contributed by atoms with van der Waals surface area (Å²) in [6.07, 6.45) is 0.559. The Morgan fingerprint density at radius 1 is 1.43 bits per heavy atom. The average Bonchev–Trinajstić information content (AvgIpc) is 2.33. The zero-order valence-electron chi connectivity index (χ0n) is 13.0. The maximum atomic E-state index is 11.8. The van der Waals surface area contributed by atoms with Gasteiger partial charge in [-0.15, -0.1) is 11.6 Å². The number of rotatable bonds is 4. The van der Waals surface area contributed by atoms with E-state index in [1.54, 1.807) is 6.07 Å². The molecule has 4 nitrogen and oxygen atoms in total. The van der Waals surface area contributed by atoms with E-state index in [2.05, 4.69) is 4.98 Å². The zero-order chi connectivity index (χ0) is 16.4. The molecule has 0 saturated heterocycles. The summed E-state index contributed by atoms with van der Waals surface area (Å²) < 4.78 is 0. The van der Waals surface area contributed by atoms with Gasteiger partial charge in [0.15, 0.2) is 0 Å². The van der Waals surface area contributed by atoms with Gasteiger partial charge in [0.25, 0.3) is 0 Å². The molecule has 0 aliphatic rings. The molecule has 6 heteroatoms. The monoisotopic (exact) mass is 332 g/mol. The van der Waals surface area contributed by atoms with E-state index in [0.717, 1.165) is 5.56 Å². The van der Waals surface area contributed by atoms with Gasteiger partial charge in [-0.2, -0.15) is 0 Å². The fourth-order valence-electron chi connectivity index (χ4n) is 2.42. The van der Waals surface area contributed by atoms with Crippen LogP contribution < -0.4 is 0 Å². The predicted octanol–water partition coefficient (Wildman–Crippen LogP) is 4.95. The van der Waals surface area contributed by atoms with Gasteiger partial charge in [0, 0.05) is 17.6 Å². The molecule has 118 valence electrons. The maximum Gasteiger partial charge on any atom is 0.408 e. The molecular formula is C15H22Cl2N2O2. The highest BCUT2D eigenvalue weighted by Crippen LogP contribution is 2.35. The number of nitrogens with zero attached hydrogens (tertiary/aromatic N) is 2. The van der Waals surface area contributed by atoms with Gasteiger partial charge in [0.05, 0.1) is 16.8 Å². The Balaban J connectivity index is 3.45. The normalized spacial score (nSPS) is 13.3. The van der Waals surface area contributed by atoms with Crippen molar-refractivity contribution in [2.45, 2.75) is 52.1 Å². The van der Waals surface area contributed by atoms with Gasteiger partial charge in [-0.1, -0.05) is 25.4 Å². The van der Waals surface area contributed by atoms with Crippen LogP contribution in [0.15, 0.2) is 12.3 Å². The molecule has 1 rings (SSSR count). The molecule has 0 fully saturated rings. The van der Waals surface area contributed by atoms with Crippen molar-refractivity contribution in [2.75, 3.05) is 0 Å². The lowest BCUT2D eigenvalue weighted by molar-refractivity contribution is 0.0516. The van der Waals surface area contributed by atoms with Crippen molar-refractivity contribution >= 4 is 29.3 Å². The predicted molar refractivity (Wildman–Crippen MR) is 86.0 cm³/mol. The number of hydrogen-bond donors (Lipinski definition) is 1.